The van der Waals surface area contributed by atoms with Crippen molar-refractivity contribution in [2.75, 3.05) is 26.4 Å². The molecule has 0 saturated heterocycles. The third kappa shape index (κ3) is 7.35. The second-order valence-corrected chi connectivity index (χ2v) is 6.82. The number of benzene rings is 1. The molecule has 0 aliphatic carbocycles. The summed E-state index contributed by atoms with van der Waals surface area (Å²) in [7, 11) is -4.10. The van der Waals surface area contributed by atoms with Crippen LogP contribution in [-0.4, -0.2) is 39.4 Å². The highest BCUT2D eigenvalue weighted by Gasteiger charge is 2.24. The van der Waals surface area contributed by atoms with E-state index in [2.05, 4.69) is 0 Å². The van der Waals surface area contributed by atoms with Gasteiger partial charge in [-0.15, -0.1) is 0 Å². The fourth-order valence-corrected chi connectivity index (χ4v) is 3.13. The van der Waals surface area contributed by atoms with Gasteiger partial charge in [0, 0.05) is 13.2 Å². The molecule has 1 unspecified atom stereocenters. The van der Waals surface area contributed by atoms with Crippen LogP contribution in [0, 0.1) is 6.92 Å². The summed E-state index contributed by atoms with van der Waals surface area (Å²) in [5.74, 6) is 0. The quantitative estimate of drug-likeness (QED) is 0.498. The molecular formula is C16H26O5S. The Morgan fingerprint density at radius 1 is 1.05 bits per heavy atom. The molecule has 126 valence electrons. The van der Waals surface area contributed by atoms with E-state index in [4.69, 9.17) is 9.47 Å². The molecule has 0 aromatic heterocycles. The number of hydrogen-bond acceptors (Lipinski definition) is 4. The third-order valence-corrected chi connectivity index (χ3v) is 4.62. The molecule has 1 aromatic carbocycles. The van der Waals surface area contributed by atoms with E-state index in [0.717, 1.165) is 12.0 Å². The molecule has 0 aliphatic heterocycles. The van der Waals surface area contributed by atoms with Gasteiger partial charge in [-0.25, -0.2) is 0 Å². The van der Waals surface area contributed by atoms with E-state index >= 15 is 0 Å². The molecule has 0 radical (unpaired) electrons. The first-order valence-electron chi connectivity index (χ1n) is 7.63. The van der Waals surface area contributed by atoms with Crippen molar-refractivity contribution in [2.24, 2.45) is 0 Å². The molecule has 5 nitrogen and oxygen atoms in total. The molecule has 0 amide bonds. The van der Waals surface area contributed by atoms with Crippen LogP contribution in [0.5, 0.6) is 0 Å². The Hall–Kier alpha value is -0.950. The molecule has 22 heavy (non-hydrogen) atoms. The standard InChI is InChI=1S/C16H26O5S/c1-3-20-12-13-21-11-5-4-6-16(22(17,18)19)15-9-7-14(2)8-10-15/h7-10,16H,3-6,11-13H2,1-2H3,(H,17,18,19). The maximum Gasteiger partial charge on any atom is 0.271 e. The van der Waals surface area contributed by atoms with Crippen molar-refractivity contribution >= 4 is 10.1 Å². The number of unbranched alkanes of at least 4 members (excludes halogenated alkanes) is 1. The predicted octanol–water partition coefficient (Wildman–Crippen LogP) is 3.15. The van der Waals surface area contributed by atoms with Crippen LogP contribution in [0.4, 0.5) is 0 Å². The van der Waals surface area contributed by atoms with Crippen LogP contribution in [-0.2, 0) is 19.6 Å². The summed E-state index contributed by atoms with van der Waals surface area (Å²) in [6.07, 6.45) is 1.81. The average Bonchev–Trinajstić information content (AvgIpc) is 2.46. The van der Waals surface area contributed by atoms with Crippen molar-refractivity contribution in [3.05, 3.63) is 35.4 Å². The molecule has 0 saturated carbocycles. The van der Waals surface area contributed by atoms with Gasteiger partial charge in [-0.05, 0) is 38.7 Å². The fourth-order valence-electron chi connectivity index (χ4n) is 2.17. The maximum atomic E-state index is 11.6. The van der Waals surface area contributed by atoms with E-state index in [1.807, 2.05) is 26.0 Å². The molecule has 1 rings (SSSR count). The predicted molar refractivity (Wildman–Crippen MR) is 86.6 cm³/mol. The maximum absolute atomic E-state index is 11.6. The lowest BCUT2D eigenvalue weighted by Crippen LogP contribution is -2.13. The first kappa shape index (κ1) is 19.1. The Labute approximate surface area is 133 Å². The van der Waals surface area contributed by atoms with E-state index in [0.29, 0.717) is 44.8 Å². The molecule has 1 atom stereocenters. The SMILES string of the molecule is CCOCCOCCCCC(c1ccc(C)cc1)S(=O)(=O)O. The van der Waals surface area contributed by atoms with E-state index in [1.54, 1.807) is 12.1 Å². The summed E-state index contributed by atoms with van der Waals surface area (Å²) in [6.45, 7) is 6.24. The smallest absolute Gasteiger partial charge is 0.271 e. The normalized spacial score (nSPS) is 13.2. The van der Waals surface area contributed by atoms with Crippen molar-refractivity contribution in [1.82, 2.24) is 0 Å². The van der Waals surface area contributed by atoms with Crippen molar-refractivity contribution in [3.63, 3.8) is 0 Å². The second-order valence-electron chi connectivity index (χ2n) is 5.22. The molecule has 0 fully saturated rings. The summed E-state index contributed by atoms with van der Waals surface area (Å²) < 4.78 is 43.1. The Morgan fingerprint density at radius 3 is 2.27 bits per heavy atom. The van der Waals surface area contributed by atoms with Crippen LogP contribution in [0.15, 0.2) is 24.3 Å². The van der Waals surface area contributed by atoms with Crippen molar-refractivity contribution in [2.45, 2.75) is 38.4 Å². The monoisotopic (exact) mass is 330 g/mol. The first-order chi connectivity index (χ1) is 10.4. The van der Waals surface area contributed by atoms with Crippen LogP contribution in [0.25, 0.3) is 0 Å². The van der Waals surface area contributed by atoms with Gasteiger partial charge in [-0.3, -0.25) is 4.55 Å². The van der Waals surface area contributed by atoms with E-state index in [1.165, 1.54) is 0 Å². The summed E-state index contributed by atoms with van der Waals surface area (Å²) in [6, 6.07) is 7.22. The zero-order chi connectivity index (χ0) is 16.4. The van der Waals surface area contributed by atoms with Crippen LogP contribution in [0.2, 0.25) is 0 Å². The van der Waals surface area contributed by atoms with E-state index in [9.17, 15) is 13.0 Å². The Morgan fingerprint density at radius 2 is 1.68 bits per heavy atom. The zero-order valence-electron chi connectivity index (χ0n) is 13.3. The number of hydrogen-bond donors (Lipinski definition) is 1. The lowest BCUT2D eigenvalue weighted by atomic mass is 10.1. The summed E-state index contributed by atoms with van der Waals surface area (Å²) >= 11 is 0. The molecule has 1 N–H and O–H groups in total. The Kier molecular flexibility index (Phi) is 8.63. The average molecular weight is 330 g/mol. The molecule has 6 heteroatoms. The molecule has 1 aromatic rings. The van der Waals surface area contributed by atoms with Crippen LogP contribution >= 0.6 is 0 Å². The molecule has 0 heterocycles. The largest absolute Gasteiger partial charge is 0.379 e. The van der Waals surface area contributed by atoms with Gasteiger partial charge in [-0.2, -0.15) is 8.42 Å². The van der Waals surface area contributed by atoms with E-state index < -0.39 is 15.4 Å². The van der Waals surface area contributed by atoms with Crippen molar-refractivity contribution in [1.29, 1.82) is 0 Å². The summed E-state index contributed by atoms with van der Waals surface area (Å²) in [5.41, 5.74) is 1.69. The number of aryl methyl sites for hydroxylation is 1. The molecule has 0 aliphatic rings. The summed E-state index contributed by atoms with van der Waals surface area (Å²) in [5, 5.41) is -0.864. The van der Waals surface area contributed by atoms with Crippen molar-refractivity contribution in [3.8, 4) is 0 Å². The molecule has 0 bridgehead atoms. The van der Waals surface area contributed by atoms with Gasteiger partial charge in [0.1, 0.15) is 5.25 Å². The molecule has 0 spiro atoms. The fraction of sp³-hybridized carbons (Fsp3) is 0.625. The van der Waals surface area contributed by atoms with Gasteiger partial charge in [-0.1, -0.05) is 29.8 Å². The third-order valence-electron chi connectivity index (χ3n) is 3.39. The zero-order valence-corrected chi connectivity index (χ0v) is 14.1. The van der Waals surface area contributed by atoms with Gasteiger partial charge in [0.05, 0.1) is 13.2 Å². The summed E-state index contributed by atoms with van der Waals surface area (Å²) in [4.78, 5) is 0. The number of rotatable bonds is 11. The highest BCUT2D eigenvalue weighted by atomic mass is 32.2. The lowest BCUT2D eigenvalue weighted by Gasteiger charge is -2.14. The lowest BCUT2D eigenvalue weighted by molar-refractivity contribution is 0.0513. The highest BCUT2D eigenvalue weighted by molar-refractivity contribution is 7.86. The Bertz CT molecular complexity index is 510. The van der Waals surface area contributed by atoms with Crippen molar-refractivity contribution < 1.29 is 22.4 Å². The second kappa shape index (κ2) is 9.94. The van der Waals surface area contributed by atoms with Crippen LogP contribution in [0.1, 0.15) is 42.6 Å². The topological polar surface area (TPSA) is 72.8 Å². The van der Waals surface area contributed by atoms with Crippen LogP contribution in [0.3, 0.4) is 0 Å². The molecular weight excluding hydrogens is 304 g/mol. The van der Waals surface area contributed by atoms with E-state index in [-0.39, 0.29) is 0 Å². The van der Waals surface area contributed by atoms with Crippen LogP contribution < -0.4 is 0 Å². The minimum absolute atomic E-state index is 0.386. The van der Waals surface area contributed by atoms with Gasteiger partial charge in [0.25, 0.3) is 10.1 Å². The Balaban J connectivity index is 2.39. The van der Waals surface area contributed by atoms with Gasteiger partial charge in [0.2, 0.25) is 0 Å². The highest BCUT2D eigenvalue weighted by Crippen LogP contribution is 2.27. The minimum atomic E-state index is -4.10. The van der Waals surface area contributed by atoms with Gasteiger partial charge in [0.15, 0.2) is 0 Å². The van der Waals surface area contributed by atoms with Gasteiger partial charge < -0.3 is 9.47 Å². The first-order valence-corrected chi connectivity index (χ1v) is 9.13. The minimum Gasteiger partial charge on any atom is -0.379 e. The van der Waals surface area contributed by atoms with Gasteiger partial charge >= 0.3 is 0 Å². The number of ether oxygens (including phenoxy) is 2.